The average molecular weight is 468 g/mol. The molecule has 0 radical (unpaired) electrons. The SMILES string of the molecule is C(=NCc1cc(OCCN2CCOCC2)nc(N2CCOCC2)c1)c1nsc2ccccc12. The quantitative estimate of drug-likeness (QED) is 0.472. The molecule has 5 rings (SSSR count). The van der Waals surface area contributed by atoms with E-state index in [1.54, 1.807) is 0 Å². The van der Waals surface area contributed by atoms with E-state index in [2.05, 4.69) is 37.4 Å². The Hall–Kier alpha value is -2.59. The number of fused-ring (bicyclic) bond motifs is 1. The largest absolute Gasteiger partial charge is 0.476 e. The summed E-state index contributed by atoms with van der Waals surface area (Å²) in [6, 6.07) is 12.3. The molecule has 8 nitrogen and oxygen atoms in total. The van der Waals surface area contributed by atoms with Gasteiger partial charge in [-0.1, -0.05) is 18.2 Å². The molecule has 2 aliphatic rings. The smallest absolute Gasteiger partial charge is 0.215 e. The Morgan fingerprint density at radius 2 is 1.82 bits per heavy atom. The minimum atomic E-state index is 0.547. The molecule has 0 unspecified atom stereocenters. The lowest BCUT2D eigenvalue weighted by atomic mass is 10.2. The Balaban J connectivity index is 1.28. The summed E-state index contributed by atoms with van der Waals surface area (Å²) < 4.78 is 22.7. The van der Waals surface area contributed by atoms with E-state index in [4.69, 9.17) is 19.2 Å². The summed E-state index contributed by atoms with van der Waals surface area (Å²) >= 11 is 1.50. The zero-order chi connectivity index (χ0) is 22.3. The average Bonchev–Trinajstić information content (AvgIpc) is 3.28. The molecule has 0 atom stereocenters. The summed E-state index contributed by atoms with van der Waals surface area (Å²) in [6.45, 7) is 8.61. The zero-order valence-corrected chi connectivity index (χ0v) is 19.5. The molecule has 2 saturated heterocycles. The fourth-order valence-corrected chi connectivity index (χ4v) is 4.76. The van der Waals surface area contributed by atoms with Crippen molar-refractivity contribution in [3.63, 3.8) is 0 Å². The van der Waals surface area contributed by atoms with E-state index in [0.717, 1.165) is 68.4 Å². The summed E-state index contributed by atoms with van der Waals surface area (Å²) in [5.74, 6) is 1.57. The molecule has 4 heterocycles. The van der Waals surface area contributed by atoms with Gasteiger partial charge >= 0.3 is 0 Å². The summed E-state index contributed by atoms with van der Waals surface area (Å²) in [5, 5.41) is 1.14. The fraction of sp³-hybridized carbons (Fsp3) is 0.458. The number of anilines is 1. The van der Waals surface area contributed by atoms with E-state index in [1.807, 2.05) is 24.4 Å². The molecule has 1 aromatic carbocycles. The van der Waals surface area contributed by atoms with Crippen LogP contribution in [0, 0.1) is 0 Å². The molecule has 9 heteroatoms. The highest BCUT2D eigenvalue weighted by molar-refractivity contribution is 7.13. The van der Waals surface area contributed by atoms with E-state index in [-0.39, 0.29) is 0 Å². The van der Waals surface area contributed by atoms with Crippen molar-refractivity contribution < 1.29 is 14.2 Å². The molecule has 0 amide bonds. The maximum Gasteiger partial charge on any atom is 0.215 e. The van der Waals surface area contributed by atoms with Crippen LogP contribution in [0.4, 0.5) is 5.82 Å². The minimum Gasteiger partial charge on any atom is -0.476 e. The van der Waals surface area contributed by atoms with Crippen molar-refractivity contribution in [1.29, 1.82) is 0 Å². The van der Waals surface area contributed by atoms with Crippen LogP contribution in [0.2, 0.25) is 0 Å². The topological polar surface area (TPSA) is 72.3 Å². The first-order chi connectivity index (χ1) is 16.3. The second kappa shape index (κ2) is 11.0. The Labute approximate surface area is 198 Å². The van der Waals surface area contributed by atoms with Crippen molar-refractivity contribution in [1.82, 2.24) is 14.3 Å². The second-order valence-corrected chi connectivity index (χ2v) is 8.91. The van der Waals surface area contributed by atoms with Gasteiger partial charge in [0, 0.05) is 50.4 Å². The normalized spacial score (nSPS) is 17.8. The van der Waals surface area contributed by atoms with Gasteiger partial charge in [-0.15, -0.1) is 0 Å². The molecule has 33 heavy (non-hydrogen) atoms. The van der Waals surface area contributed by atoms with Gasteiger partial charge < -0.3 is 19.1 Å². The highest BCUT2D eigenvalue weighted by Crippen LogP contribution is 2.23. The van der Waals surface area contributed by atoms with Crippen LogP contribution in [0.1, 0.15) is 11.3 Å². The Morgan fingerprint density at radius 1 is 1.03 bits per heavy atom. The molecule has 2 aromatic heterocycles. The lowest BCUT2D eigenvalue weighted by Gasteiger charge is -2.28. The van der Waals surface area contributed by atoms with Gasteiger partial charge in [-0.05, 0) is 29.2 Å². The van der Waals surface area contributed by atoms with Crippen molar-refractivity contribution >= 4 is 33.7 Å². The van der Waals surface area contributed by atoms with Crippen LogP contribution in [-0.4, -0.2) is 86.2 Å². The summed E-state index contributed by atoms with van der Waals surface area (Å²) in [4.78, 5) is 14.1. The number of pyridine rings is 1. The predicted octanol–water partition coefficient (Wildman–Crippen LogP) is 2.86. The van der Waals surface area contributed by atoms with Gasteiger partial charge in [-0.2, -0.15) is 9.36 Å². The van der Waals surface area contributed by atoms with Crippen molar-refractivity contribution in [3.8, 4) is 5.88 Å². The van der Waals surface area contributed by atoms with Crippen LogP contribution in [0.25, 0.3) is 10.1 Å². The first-order valence-corrected chi connectivity index (χ1v) is 12.2. The van der Waals surface area contributed by atoms with Gasteiger partial charge in [0.1, 0.15) is 18.1 Å². The van der Waals surface area contributed by atoms with Crippen molar-refractivity contribution in [2.75, 3.05) is 70.7 Å². The zero-order valence-electron chi connectivity index (χ0n) is 18.7. The molecule has 2 fully saturated rings. The number of aliphatic imine (C=N–C) groups is 1. The third-order valence-electron chi connectivity index (χ3n) is 5.84. The molecule has 2 aliphatic heterocycles. The molecule has 174 valence electrons. The summed E-state index contributed by atoms with van der Waals surface area (Å²) in [5.41, 5.74) is 1.99. The highest BCUT2D eigenvalue weighted by Gasteiger charge is 2.15. The molecule has 3 aromatic rings. The first-order valence-electron chi connectivity index (χ1n) is 11.5. The van der Waals surface area contributed by atoms with E-state index in [1.165, 1.54) is 16.2 Å². The second-order valence-electron chi connectivity index (χ2n) is 8.11. The van der Waals surface area contributed by atoms with E-state index >= 15 is 0 Å². The van der Waals surface area contributed by atoms with Crippen LogP contribution >= 0.6 is 11.5 Å². The summed E-state index contributed by atoms with van der Waals surface area (Å²) in [7, 11) is 0. The standard InChI is InChI=1S/C24H29N5O3S/c1-2-4-22-20(3-1)21(27-33-22)18-25-17-19-15-23(29-8-12-31-13-9-29)26-24(16-19)32-14-7-28-5-10-30-11-6-28/h1-4,15-16,18H,5-14,17H2. The van der Waals surface area contributed by atoms with Crippen molar-refractivity contribution in [2.24, 2.45) is 4.99 Å². The number of hydrogen-bond acceptors (Lipinski definition) is 9. The van der Waals surface area contributed by atoms with E-state index in [0.29, 0.717) is 32.2 Å². The number of rotatable bonds is 8. The van der Waals surface area contributed by atoms with Crippen LogP contribution in [-0.2, 0) is 16.0 Å². The van der Waals surface area contributed by atoms with Crippen molar-refractivity contribution in [3.05, 3.63) is 47.7 Å². The van der Waals surface area contributed by atoms with Gasteiger partial charge in [0.05, 0.1) is 37.7 Å². The van der Waals surface area contributed by atoms with E-state index < -0.39 is 0 Å². The van der Waals surface area contributed by atoms with Gasteiger partial charge in [-0.25, -0.2) is 0 Å². The minimum absolute atomic E-state index is 0.547. The van der Waals surface area contributed by atoms with Crippen LogP contribution in [0.3, 0.4) is 0 Å². The predicted molar refractivity (Wildman–Crippen MR) is 131 cm³/mol. The van der Waals surface area contributed by atoms with Gasteiger partial charge in [0.25, 0.3) is 0 Å². The van der Waals surface area contributed by atoms with Crippen LogP contribution in [0.5, 0.6) is 5.88 Å². The number of hydrogen-bond donors (Lipinski definition) is 0. The first kappa shape index (κ1) is 22.2. The van der Waals surface area contributed by atoms with Gasteiger partial charge in [-0.3, -0.25) is 9.89 Å². The maximum atomic E-state index is 6.08. The number of nitrogens with zero attached hydrogens (tertiary/aromatic N) is 5. The molecular formula is C24H29N5O3S. The lowest BCUT2D eigenvalue weighted by Crippen LogP contribution is -2.38. The molecule has 0 saturated carbocycles. The molecular weight excluding hydrogens is 438 g/mol. The fourth-order valence-electron chi connectivity index (χ4n) is 4.00. The van der Waals surface area contributed by atoms with Gasteiger partial charge in [0.15, 0.2) is 0 Å². The number of ether oxygens (including phenoxy) is 3. The molecule has 0 spiro atoms. The highest BCUT2D eigenvalue weighted by atomic mass is 32.1. The van der Waals surface area contributed by atoms with Crippen LogP contribution < -0.4 is 9.64 Å². The lowest BCUT2D eigenvalue weighted by molar-refractivity contribution is 0.0320. The van der Waals surface area contributed by atoms with Crippen molar-refractivity contribution in [2.45, 2.75) is 6.54 Å². The van der Waals surface area contributed by atoms with Crippen LogP contribution in [0.15, 0.2) is 41.4 Å². The third kappa shape index (κ3) is 5.86. The molecule has 0 bridgehead atoms. The monoisotopic (exact) mass is 467 g/mol. The summed E-state index contributed by atoms with van der Waals surface area (Å²) in [6.07, 6.45) is 1.87. The maximum absolute atomic E-state index is 6.08. The number of aromatic nitrogens is 2. The Morgan fingerprint density at radius 3 is 2.67 bits per heavy atom. The number of benzene rings is 1. The van der Waals surface area contributed by atoms with E-state index in [9.17, 15) is 0 Å². The Kier molecular flexibility index (Phi) is 7.42. The van der Waals surface area contributed by atoms with Gasteiger partial charge in [0.2, 0.25) is 5.88 Å². The molecule has 0 N–H and O–H groups in total. The molecule has 0 aliphatic carbocycles. The third-order valence-corrected chi connectivity index (χ3v) is 6.68. The Bertz CT molecular complexity index is 1080. The number of morpholine rings is 2.